The molecule has 240 valence electrons. The lowest BCUT2D eigenvalue weighted by Gasteiger charge is -2.19. The zero-order valence-corrected chi connectivity index (χ0v) is 27.0. The van der Waals surface area contributed by atoms with Gasteiger partial charge in [0.05, 0.1) is 6.21 Å². The van der Waals surface area contributed by atoms with Crippen molar-refractivity contribution in [3.8, 4) is 11.5 Å². The third-order valence-corrected chi connectivity index (χ3v) is 6.66. The minimum Gasteiger partial charge on any atom is -0.488 e. The molecular weight excluding hydrogens is 580 g/mol. The summed E-state index contributed by atoms with van der Waals surface area (Å²) in [4.78, 5) is 24.5. The molecule has 9 heteroatoms. The summed E-state index contributed by atoms with van der Waals surface area (Å²) in [7, 11) is 0. The lowest BCUT2D eigenvalue weighted by atomic mass is 9.99. The second-order valence-electron chi connectivity index (χ2n) is 12.0. The molecule has 3 N–H and O–H groups in total. The smallest absolute Gasteiger partial charge is 0.407 e. The van der Waals surface area contributed by atoms with Crippen LogP contribution in [0.25, 0.3) is 0 Å². The number of ether oxygens (including phenoxy) is 3. The monoisotopic (exact) mass is 622 g/mol. The fraction of sp³-hybridized carbons (Fsp3) is 0.270. The predicted molar refractivity (Wildman–Crippen MR) is 181 cm³/mol. The van der Waals surface area contributed by atoms with Crippen molar-refractivity contribution in [1.82, 2.24) is 10.7 Å². The molecule has 0 radical (unpaired) electrons. The van der Waals surface area contributed by atoms with Gasteiger partial charge in [-0.15, -0.1) is 0 Å². The van der Waals surface area contributed by atoms with Crippen molar-refractivity contribution in [2.24, 2.45) is 5.10 Å². The van der Waals surface area contributed by atoms with Crippen LogP contribution in [0.3, 0.4) is 0 Å². The number of rotatable bonds is 12. The van der Waals surface area contributed by atoms with Crippen molar-refractivity contribution < 1.29 is 23.8 Å². The SMILES string of the molecule is CC(C)c1cc(C=NNC(=O)Nc2ccc(CNC(=O)OC(C)(C)C)cc2)c(OCc2ccccc2)cc1OCc1ccccc1. The van der Waals surface area contributed by atoms with E-state index < -0.39 is 17.7 Å². The second-order valence-corrected chi connectivity index (χ2v) is 12.0. The zero-order chi connectivity index (χ0) is 32.9. The first kappa shape index (κ1) is 33.6. The van der Waals surface area contributed by atoms with Gasteiger partial charge in [0.2, 0.25) is 0 Å². The van der Waals surface area contributed by atoms with Crippen LogP contribution in [0, 0.1) is 0 Å². The van der Waals surface area contributed by atoms with E-state index in [4.69, 9.17) is 14.2 Å². The molecule has 0 saturated carbocycles. The molecule has 0 heterocycles. The van der Waals surface area contributed by atoms with Crippen LogP contribution in [-0.2, 0) is 24.5 Å². The summed E-state index contributed by atoms with van der Waals surface area (Å²) < 4.78 is 17.8. The van der Waals surface area contributed by atoms with Gasteiger partial charge in [-0.2, -0.15) is 5.10 Å². The lowest BCUT2D eigenvalue weighted by Crippen LogP contribution is -2.32. The fourth-order valence-corrected chi connectivity index (χ4v) is 4.38. The first-order valence-corrected chi connectivity index (χ1v) is 15.2. The quantitative estimate of drug-likeness (QED) is 0.109. The van der Waals surface area contributed by atoms with Crippen LogP contribution in [0.5, 0.6) is 11.5 Å². The van der Waals surface area contributed by atoms with Crippen molar-refractivity contribution in [2.45, 2.75) is 65.9 Å². The molecule has 0 aliphatic rings. The van der Waals surface area contributed by atoms with Gasteiger partial charge in [-0.05, 0) is 67.1 Å². The molecule has 0 unspecified atom stereocenters. The van der Waals surface area contributed by atoms with Gasteiger partial charge >= 0.3 is 12.1 Å². The number of nitrogens with zero attached hydrogens (tertiary/aromatic N) is 1. The van der Waals surface area contributed by atoms with Crippen LogP contribution in [0.2, 0.25) is 0 Å². The first-order chi connectivity index (χ1) is 22.1. The highest BCUT2D eigenvalue weighted by Crippen LogP contribution is 2.34. The Morgan fingerprint density at radius 3 is 1.93 bits per heavy atom. The Kier molecular flexibility index (Phi) is 11.8. The Hall–Kier alpha value is -5.31. The molecule has 4 aromatic carbocycles. The predicted octanol–water partition coefficient (Wildman–Crippen LogP) is 8.15. The summed E-state index contributed by atoms with van der Waals surface area (Å²) in [6.45, 7) is 10.7. The number of carbonyl (C=O) groups excluding carboxylic acids is 2. The Morgan fingerprint density at radius 1 is 0.783 bits per heavy atom. The van der Waals surface area contributed by atoms with Gasteiger partial charge in [-0.1, -0.05) is 86.6 Å². The van der Waals surface area contributed by atoms with Gasteiger partial charge in [0, 0.05) is 23.9 Å². The highest BCUT2D eigenvalue weighted by atomic mass is 16.6. The molecule has 0 spiro atoms. The number of amides is 3. The van der Waals surface area contributed by atoms with Crippen LogP contribution in [0.15, 0.2) is 102 Å². The topological polar surface area (TPSA) is 110 Å². The summed E-state index contributed by atoms with van der Waals surface area (Å²) >= 11 is 0. The van der Waals surface area contributed by atoms with Crippen LogP contribution in [0.4, 0.5) is 15.3 Å². The number of hydrogen-bond donors (Lipinski definition) is 3. The minimum absolute atomic E-state index is 0.166. The van der Waals surface area contributed by atoms with E-state index in [1.165, 1.54) is 0 Å². The number of benzene rings is 4. The molecule has 0 atom stereocenters. The highest BCUT2D eigenvalue weighted by molar-refractivity contribution is 5.91. The average Bonchev–Trinajstić information content (AvgIpc) is 3.03. The normalized spacial score (nSPS) is 11.3. The van der Waals surface area contributed by atoms with E-state index >= 15 is 0 Å². The summed E-state index contributed by atoms with van der Waals surface area (Å²) in [6, 6.07) is 30.4. The van der Waals surface area contributed by atoms with Gasteiger partial charge in [-0.25, -0.2) is 15.0 Å². The van der Waals surface area contributed by atoms with Crippen LogP contribution in [-0.4, -0.2) is 23.9 Å². The van der Waals surface area contributed by atoms with Gasteiger partial charge < -0.3 is 24.8 Å². The first-order valence-electron chi connectivity index (χ1n) is 15.2. The number of carbonyl (C=O) groups is 2. The molecule has 0 fully saturated rings. The Morgan fingerprint density at radius 2 is 1.37 bits per heavy atom. The Bertz CT molecular complexity index is 1600. The van der Waals surface area contributed by atoms with E-state index in [0.29, 0.717) is 36.8 Å². The van der Waals surface area contributed by atoms with Crippen molar-refractivity contribution in [2.75, 3.05) is 5.32 Å². The molecule has 9 nitrogen and oxygen atoms in total. The molecule has 3 amide bonds. The molecule has 0 saturated heterocycles. The summed E-state index contributed by atoms with van der Waals surface area (Å²) in [5.74, 6) is 1.48. The third-order valence-electron chi connectivity index (χ3n) is 6.66. The van der Waals surface area contributed by atoms with Gasteiger partial charge in [0.15, 0.2) is 0 Å². The summed E-state index contributed by atoms with van der Waals surface area (Å²) in [5.41, 5.74) is 7.17. The molecule has 0 aliphatic carbocycles. The van der Waals surface area contributed by atoms with Gasteiger partial charge in [0.25, 0.3) is 0 Å². The van der Waals surface area contributed by atoms with E-state index in [0.717, 1.165) is 28.0 Å². The minimum atomic E-state index is -0.568. The number of hydrazone groups is 1. The third kappa shape index (κ3) is 11.0. The zero-order valence-electron chi connectivity index (χ0n) is 27.0. The summed E-state index contributed by atoms with van der Waals surface area (Å²) in [5, 5.41) is 9.67. The number of urea groups is 1. The number of hydrogen-bond acceptors (Lipinski definition) is 6. The largest absolute Gasteiger partial charge is 0.488 e. The van der Waals surface area contributed by atoms with E-state index in [-0.39, 0.29) is 5.92 Å². The number of alkyl carbamates (subject to hydrolysis) is 1. The van der Waals surface area contributed by atoms with Crippen LogP contribution in [0.1, 0.15) is 68.4 Å². The fourth-order valence-electron chi connectivity index (χ4n) is 4.38. The molecular formula is C37H42N4O5. The van der Waals surface area contributed by atoms with Gasteiger partial charge in [-0.3, -0.25) is 0 Å². The molecule has 4 aromatic rings. The molecule has 0 aliphatic heterocycles. The van der Waals surface area contributed by atoms with Crippen LogP contribution < -0.4 is 25.5 Å². The molecule has 4 rings (SSSR count). The highest BCUT2D eigenvalue weighted by Gasteiger charge is 2.16. The number of nitrogens with one attached hydrogen (secondary N) is 3. The Labute approximate surface area is 271 Å². The van der Waals surface area contributed by atoms with E-state index in [2.05, 4.69) is 35.0 Å². The maximum atomic E-state index is 12.6. The van der Waals surface area contributed by atoms with Gasteiger partial charge in [0.1, 0.15) is 30.3 Å². The van der Waals surface area contributed by atoms with Crippen molar-refractivity contribution in [3.05, 3.63) is 125 Å². The second kappa shape index (κ2) is 16.1. The van der Waals surface area contributed by atoms with Crippen molar-refractivity contribution in [3.63, 3.8) is 0 Å². The van der Waals surface area contributed by atoms with Crippen LogP contribution >= 0.6 is 0 Å². The van der Waals surface area contributed by atoms with Crippen molar-refractivity contribution >= 4 is 24.0 Å². The summed E-state index contributed by atoms with van der Waals surface area (Å²) in [6.07, 6.45) is 1.08. The average molecular weight is 623 g/mol. The molecule has 46 heavy (non-hydrogen) atoms. The van der Waals surface area contributed by atoms with E-state index in [9.17, 15) is 9.59 Å². The molecule has 0 aromatic heterocycles. The maximum Gasteiger partial charge on any atom is 0.407 e. The molecule has 0 bridgehead atoms. The van der Waals surface area contributed by atoms with E-state index in [1.807, 2.05) is 106 Å². The van der Waals surface area contributed by atoms with Crippen molar-refractivity contribution in [1.29, 1.82) is 0 Å². The maximum absolute atomic E-state index is 12.6. The number of anilines is 1. The lowest BCUT2D eigenvalue weighted by molar-refractivity contribution is 0.0523. The standard InChI is InChI=1S/C37H42N4O5/c1-26(2)32-20-30(23-39-41-35(42)40-31-18-16-27(17-19-31)22-38-36(43)46-37(3,4)5)33(44-24-28-12-8-6-9-13-28)21-34(32)45-25-29-14-10-7-11-15-29/h6-21,23,26H,22,24-25H2,1-5H3,(H,38,43)(H2,40,41,42). The van der Waals surface area contributed by atoms with E-state index in [1.54, 1.807) is 18.3 Å². The Balaban J connectivity index is 1.42.